The van der Waals surface area contributed by atoms with Crippen LogP contribution in [0.4, 0.5) is 0 Å². The van der Waals surface area contributed by atoms with Gasteiger partial charge in [0, 0.05) is 23.1 Å². The van der Waals surface area contributed by atoms with Gasteiger partial charge in [-0.1, -0.05) is 65.3 Å². The Labute approximate surface area is 175 Å². The van der Waals surface area contributed by atoms with Crippen molar-refractivity contribution < 1.29 is 13.5 Å². The summed E-state index contributed by atoms with van der Waals surface area (Å²) >= 11 is 0. The van der Waals surface area contributed by atoms with Crippen LogP contribution in [0.1, 0.15) is 81.8 Å². The lowest BCUT2D eigenvalue weighted by molar-refractivity contribution is 0.280. The van der Waals surface area contributed by atoms with Gasteiger partial charge in [0.05, 0.1) is 17.2 Å². The van der Waals surface area contributed by atoms with Crippen LogP contribution in [0.3, 0.4) is 0 Å². The maximum atomic E-state index is 11.9. The Balaban J connectivity index is 2.87. The molecule has 5 heteroatoms. The van der Waals surface area contributed by atoms with Crippen molar-refractivity contribution in [3.05, 3.63) is 52.9 Å². The van der Waals surface area contributed by atoms with Crippen LogP contribution in [0, 0.1) is 0 Å². The molecule has 1 aromatic carbocycles. The number of aliphatic hydroxyl groups excluding tert-OH is 1. The van der Waals surface area contributed by atoms with E-state index in [-0.39, 0.29) is 23.3 Å². The van der Waals surface area contributed by atoms with Gasteiger partial charge >= 0.3 is 0 Å². The minimum Gasteiger partial charge on any atom is -0.392 e. The summed E-state index contributed by atoms with van der Waals surface area (Å²) in [6, 6.07) is 6.93. The molecule has 0 unspecified atom stereocenters. The molecular weight excluding hydrogens is 382 g/mol. The van der Waals surface area contributed by atoms with E-state index in [1.807, 2.05) is 12.1 Å². The molecule has 158 valence electrons. The lowest BCUT2D eigenvalue weighted by atomic mass is 9.87. The molecule has 0 amide bonds. The monoisotopic (exact) mass is 415 g/mol. The van der Waals surface area contributed by atoms with E-state index in [2.05, 4.69) is 46.8 Å². The SMILES string of the molecule is CCC/C=C/c1c(C(C)C)nc(C(C)C)c(CO)c1-c1ccc(S(C)(=O)=O)cc1. The number of unbranched alkanes of at least 4 members (excludes halogenated alkanes) is 1. The fraction of sp³-hybridized carbons (Fsp3) is 0.458. The second-order valence-electron chi connectivity index (χ2n) is 8.10. The molecule has 4 nitrogen and oxygen atoms in total. The third kappa shape index (κ3) is 5.34. The fourth-order valence-corrected chi connectivity index (χ4v) is 4.12. The van der Waals surface area contributed by atoms with E-state index in [4.69, 9.17) is 4.98 Å². The average Bonchev–Trinajstić information content (AvgIpc) is 2.66. The summed E-state index contributed by atoms with van der Waals surface area (Å²) in [4.78, 5) is 5.25. The summed E-state index contributed by atoms with van der Waals surface area (Å²) in [5.74, 6) is 0.382. The summed E-state index contributed by atoms with van der Waals surface area (Å²) in [6.07, 6.45) is 7.48. The van der Waals surface area contributed by atoms with Crippen LogP contribution < -0.4 is 0 Å². The third-order valence-corrected chi connectivity index (χ3v) is 6.09. The standard InChI is InChI=1S/C24H33NO3S/c1-7-8-9-10-20-22(18-11-13-19(14-12-18)29(6,27)28)21(15-26)24(17(4)5)25-23(20)16(2)3/h9-14,16-17,26H,7-8,15H2,1-6H3/b10-9+. The Morgan fingerprint density at radius 2 is 1.62 bits per heavy atom. The summed E-state index contributed by atoms with van der Waals surface area (Å²) < 4.78 is 23.7. The zero-order chi connectivity index (χ0) is 21.8. The van der Waals surface area contributed by atoms with Crippen molar-refractivity contribution in [2.75, 3.05) is 6.26 Å². The number of nitrogens with zero attached hydrogens (tertiary/aromatic N) is 1. The molecule has 1 aromatic heterocycles. The lowest BCUT2D eigenvalue weighted by Crippen LogP contribution is -2.10. The number of rotatable bonds is 8. The van der Waals surface area contributed by atoms with Crippen LogP contribution in [0.2, 0.25) is 0 Å². The second kappa shape index (κ2) is 9.68. The van der Waals surface area contributed by atoms with Crippen LogP contribution in [-0.2, 0) is 16.4 Å². The average molecular weight is 416 g/mol. The second-order valence-corrected chi connectivity index (χ2v) is 10.1. The van der Waals surface area contributed by atoms with Gasteiger partial charge in [0.1, 0.15) is 0 Å². The van der Waals surface area contributed by atoms with Gasteiger partial charge < -0.3 is 5.11 Å². The van der Waals surface area contributed by atoms with E-state index in [0.717, 1.165) is 46.5 Å². The Morgan fingerprint density at radius 1 is 1.03 bits per heavy atom. The molecule has 1 N–H and O–H groups in total. The quantitative estimate of drug-likeness (QED) is 0.600. The van der Waals surface area contributed by atoms with E-state index < -0.39 is 9.84 Å². The molecular formula is C24H33NO3S. The Kier molecular flexibility index (Phi) is 7.78. The van der Waals surface area contributed by atoms with Gasteiger partial charge in [-0.05, 0) is 41.5 Å². The largest absolute Gasteiger partial charge is 0.392 e. The molecule has 0 spiro atoms. The third-order valence-electron chi connectivity index (χ3n) is 4.96. The first kappa shape index (κ1) is 23.3. The number of hydrogen-bond acceptors (Lipinski definition) is 4. The highest BCUT2D eigenvalue weighted by molar-refractivity contribution is 7.90. The van der Waals surface area contributed by atoms with E-state index in [1.165, 1.54) is 6.26 Å². The van der Waals surface area contributed by atoms with Crippen molar-refractivity contribution in [1.29, 1.82) is 0 Å². The van der Waals surface area contributed by atoms with Gasteiger partial charge in [-0.2, -0.15) is 0 Å². The normalized spacial score (nSPS) is 12.4. The van der Waals surface area contributed by atoms with Crippen LogP contribution in [-0.4, -0.2) is 24.8 Å². The van der Waals surface area contributed by atoms with E-state index >= 15 is 0 Å². The van der Waals surface area contributed by atoms with Crippen LogP contribution in [0.5, 0.6) is 0 Å². The first-order valence-corrected chi connectivity index (χ1v) is 12.1. The molecule has 2 aromatic rings. The molecule has 2 rings (SSSR count). The number of hydrogen-bond donors (Lipinski definition) is 1. The van der Waals surface area contributed by atoms with E-state index in [9.17, 15) is 13.5 Å². The first-order chi connectivity index (χ1) is 13.6. The predicted molar refractivity (Wildman–Crippen MR) is 121 cm³/mol. The number of allylic oxidation sites excluding steroid dienone is 1. The van der Waals surface area contributed by atoms with Crippen LogP contribution >= 0.6 is 0 Å². The Bertz CT molecular complexity index is 972. The lowest BCUT2D eigenvalue weighted by Gasteiger charge is -2.23. The molecule has 29 heavy (non-hydrogen) atoms. The van der Waals surface area contributed by atoms with Crippen molar-refractivity contribution in [3.63, 3.8) is 0 Å². The number of aliphatic hydroxyl groups is 1. The van der Waals surface area contributed by atoms with Crippen molar-refractivity contribution in [1.82, 2.24) is 4.98 Å². The van der Waals surface area contributed by atoms with Gasteiger partial charge in [-0.15, -0.1) is 0 Å². The molecule has 0 aliphatic carbocycles. The van der Waals surface area contributed by atoms with E-state index in [0.29, 0.717) is 0 Å². The Morgan fingerprint density at radius 3 is 2.07 bits per heavy atom. The van der Waals surface area contributed by atoms with Gasteiger partial charge in [0.15, 0.2) is 9.84 Å². The summed E-state index contributed by atoms with van der Waals surface area (Å²) in [5, 5.41) is 10.3. The molecule has 0 aliphatic heterocycles. The summed E-state index contributed by atoms with van der Waals surface area (Å²) in [6.45, 7) is 10.4. The smallest absolute Gasteiger partial charge is 0.175 e. The molecule has 0 fully saturated rings. The highest BCUT2D eigenvalue weighted by Gasteiger charge is 2.22. The van der Waals surface area contributed by atoms with Gasteiger partial charge in [-0.3, -0.25) is 4.98 Å². The Hall–Kier alpha value is -1.98. The number of sulfone groups is 1. The molecule has 0 bridgehead atoms. The molecule has 0 aliphatic rings. The molecule has 0 saturated carbocycles. The predicted octanol–water partition coefficient (Wildman–Crippen LogP) is 5.70. The molecule has 0 saturated heterocycles. The maximum Gasteiger partial charge on any atom is 0.175 e. The van der Waals surface area contributed by atoms with E-state index in [1.54, 1.807) is 12.1 Å². The minimum absolute atomic E-state index is 0.114. The highest BCUT2D eigenvalue weighted by atomic mass is 32.2. The number of benzene rings is 1. The van der Waals surface area contributed by atoms with Crippen molar-refractivity contribution in [3.8, 4) is 11.1 Å². The van der Waals surface area contributed by atoms with Crippen LogP contribution in [0.25, 0.3) is 17.2 Å². The molecule has 1 heterocycles. The number of aromatic nitrogens is 1. The van der Waals surface area contributed by atoms with Crippen molar-refractivity contribution in [2.45, 2.75) is 70.8 Å². The minimum atomic E-state index is -3.26. The summed E-state index contributed by atoms with van der Waals surface area (Å²) in [7, 11) is -3.26. The highest BCUT2D eigenvalue weighted by Crippen LogP contribution is 2.37. The number of pyridine rings is 1. The van der Waals surface area contributed by atoms with Crippen LogP contribution in [0.15, 0.2) is 35.2 Å². The first-order valence-electron chi connectivity index (χ1n) is 10.3. The summed E-state index contributed by atoms with van der Waals surface area (Å²) in [5.41, 5.74) is 5.55. The maximum absolute atomic E-state index is 11.9. The van der Waals surface area contributed by atoms with Gasteiger partial charge in [0.25, 0.3) is 0 Å². The fourth-order valence-electron chi connectivity index (χ4n) is 3.49. The molecule has 0 atom stereocenters. The van der Waals surface area contributed by atoms with Crippen molar-refractivity contribution >= 4 is 15.9 Å². The zero-order valence-corrected chi connectivity index (χ0v) is 19.2. The van der Waals surface area contributed by atoms with Gasteiger partial charge in [0.2, 0.25) is 0 Å². The van der Waals surface area contributed by atoms with Gasteiger partial charge in [-0.25, -0.2) is 8.42 Å². The zero-order valence-electron chi connectivity index (χ0n) is 18.4. The topological polar surface area (TPSA) is 67.3 Å². The van der Waals surface area contributed by atoms with Crippen molar-refractivity contribution in [2.24, 2.45) is 0 Å². The molecule has 0 radical (unpaired) electrons.